The van der Waals surface area contributed by atoms with Crippen molar-refractivity contribution in [1.82, 2.24) is 0 Å². The third kappa shape index (κ3) is 8.70. The standard InChI is InChI=1S/C21H15O6P.2C2H6/c22-13-16-1-7-19(8-2-16)25-28(26-20-9-3-17(14-23)4-10-20)27-21-11-5-18(15-24)6-12-21;2*1-2/h1-15H;2*1-2H3. The van der Waals surface area contributed by atoms with Gasteiger partial charge in [-0.15, -0.1) is 0 Å². The van der Waals surface area contributed by atoms with Gasteiger partial charge in [0.25, 0.3) is 0 Å². The Morgan fingerprint density at radius 2 is 0.688 bits per heavy atom. The Morgan fingerprint density at radius 3 is 0.875 bits per heavy atom. The zero-order valence-corrected chi connectivity index (χ0v) is 19.5. The topological polar surface area (TPSA) is 78.9 Å². The van der Waals surface area contributed by atoms with Gasteiger partial charge in [-0.1, -0.05) is 27.7 Å². The highest BCUT2D eigenvalue weighted by Crippen LogP contribution is 2.42. The Balaban J connectivity index is 0.00000121. The highest BCUT2D eigenvalue weighted by molar-refractivity contribution is 7.43. The van der Waals surface area contributed by atoms with Crippen LogP contribution in [0.5, 0.6) is 17.2 Å². The molecule has 0 saturated carbocycles. The van der Waals surface area contributed by atoms with Crippen LogP contribution in [0.1, 0.15) is 58.8 Å². The van der Waals surface area contributed by atoms with E-state index < -0.39 is 8.60 Å². The maximum Gasteiger partial charge on any atom is 0.530 e. The highest BCUT2D eigenvalue weighted by Gasteiger charge is 2.20. The minimum Gasteiger partial charge on any atom is -0.409 e. The molecule has 0 bridgehead atoms. The summed E-state index contributed by atoms with van der Waals surface area (Å²) in [6, 6.07) is 19.5. The minimum absolute atomic E-state index is 0.464. The molecule has 168 valence electrons. The van der Waals surface area contributed by atoms with E-state index in [2.05, 4.69) is 0 Å². The Labute approximate surface area is 190 Å². The zero-order chi connectivity index (χ0) is 23.8. The van der Waals surface area contributed by atoms with E-state index in [0.717, 1.165) is 18.9 Å². The van der Waals surface area contributed by atoms with Gasteiger partial charge in [0.05, 0.1) is 0 Å². The maximum atomic E-state index is 10.8. The minimum atomic E-state index is -1.90. The smallest absolute Gasteiger partial charge is 0.409 e. The van der Waals surface area contributed by atoms with Gasteiger partial charge in [-0.2, -0.15) is 0 Å². The molecule has 0 fully saturated rings. The number of rotatable bonds is 9. The largest absolute Gasteiger partial charge is 0.530 e. The van der Waals surface area contributed by atoms with E-state index in [1.807, 2.05) is 27.7 Å². The predicted octanol–water partition coefficient (Wildman–Crippen LogP) is 6.94. The van der Waals surface area contributed by atoms with Crippen LogP contribution in [0.2, 0.25) is 0 Å². The summed E-state index contributed by atoms with van der Waals surface area (Å²) < 4.78 is 17.4. The molecule has 3 rings (SSSR count). The quantitative estimate of drug-likeness (QED) is 0.257. The molecule has 0 spiro atoms. The first-order valence-electron chi connectivity index (χ1n) is 10.2. The molecule has 6 nitrogen and oxygen atoms in total. The maximum absolute atomic E-state index is 10.8. The summed E-state index contributed by atoms with van der Waals surface area (Å²) in [5.74, 6) is 1.39. The van der Waals surface area contributed by atoms with Crippen LogP contribution in [-0.2, 0) is 0 Å². The molecule has 0 aliphatic carbocycles. The van der Waals surface area contributed by atoms with Crippen LogP contribution in [0.15, 0.2) is 72.8 Å². The second kappa shape index (κ2) is 15.3. The highest BCUT2D eigenvalue weighted by atomic mass is 31.2. The van der Waals surface area contributed by atoms with Gasteiger partial charge in [0, 0.05) is 16.7 Å². The molecule has 0 aromatic heterocycles. The van der Waals surface area contributed by atoms with Crippen molar-refractivity contribution in [2.24, 2.45) is 0 Å². The van der Waals surface area contributed by atoms with E-state index in [4.69, 9.17) is 13.6 Å². The van der Waals surface area contributed by atoms with Crippen LogP contribution in [0.25, 0.3) is 0 Å². The number of benzene rings is 3. The van der Waals surface area contributed by atoms with Crippen molar-refractivity contribution in [2.45, 2.75) is 27.7 Å². The van der Waals surface area contributed by atoms with E-state index in [0.29, 0.717) is 33.9 Å². The van der Waals surface area contributed by atoms with Gasteiger partial charge in [-0.25, -0.2) is 0 Å². The lowest BCUT2D eigenvalue weighted by Gasteiger charge is -2.18. The molecule has 0 saturated heterocycles. The van der Waals surface area contributed by atoms with Gasteiger partial charge >= 0.3 is 8.60 Å². The molecule has 0 unspecified atom stereocenters. The molecular formula is C25H27O6P. The fourth-order valence-corrected chi connectivity index (χ4v) is 3.13. The average Bonchev–Trinajstić information content (AvgIpc) is 2.88. The van der Waals surface area contributed by atoms with Crippen molar-refractivity contribution in [3.63, 3.8) is 0 Å². The Kier molecular flexibility index (Phi) is 12.7. The summed E-state index contributed by atoms with van der Waals surface area (Å²) in [5.41, 5.74) is 1.56. The second-order valence-electron chi connectivity index (χ2n) is 5.56. The summed E-state index contributed by atoms with van der Waals surface area (Å²) in [7, 11) is -1.90. The van der Waals surface area contributed by atoms with E-state index in [1.165, 1.54) is 0 Å². The molecule has 0 radical (unpaired) electrons. The summed E-state index contributed by atoms with van der Waals surface area (Å²) in [5, 5.41) is 0. The molecule has 0 N–H and O–H groups in total. The number of hydrogen-bond acceptors (Lipinski definition) is 6. The molecule has 0 aliphatic heterocycles. The fourth-order valence-electron chi connectivity index (χ4n) is 2.14. The molecule has 3 aromatic carbocycles. The molecule has 32 heavy (non-hydrogen) atoms. The van der Waals surface area contributed by atoms with Crippen molar-refractivity contribution in [3.8, 4) is 17.2 Å². The lowest BCUT2D eigenvalue weighted by molar-refractivity contribution is 0.111. The van der Waals surface area contributed by atoms with Crippen LogP contribution in [0.4, 0.5) is 0 Å². The van der Waals surface area contributed by atoms with Crippen molar-refractivity contribution in [1.29, 1.82) is 0 Å². The Bertz CT molecular complexity index is 810. The summed E-state index contributed by atoms with van der Waals surface area (Å²) in [6.45, 7) is 8.00. The molecule has 0 aliphatic rings. The lowest BCUT2D eigenvalue weighted by atomic mass is 10.2. The molecular weight excluding hydrogens is 427 g/mol. The number of hydrogen-bond donors (Lipinski definition) is 0. The van der Waals surface area contributed by atoms with Gasteiger partial charge in [-0.05, 0) is 72.8 Å². The normalized spacial score (nSPS) is 9.28. The summed E-state index contributed by atoms with van der Waals surface area (Å²) in [6.07, 6.45) is 2.22. The van der Waals surface area contributed by atoms with Gasteiger partial charge in [-0.3, -0.25) is 14.4 Å². The molecule has 0 amide bonds. The van der Waals surface area contributed by atoms with Crippen molar-refractivity contribution in [2.75, 3.05) is 0 Å². The molecule has 3 aromatic rings. The van der Waals surface area contributed by atoms with Crippen molar-refractivity contribution in [3.05, 3.63) is 89.5 Å². The first kappa shape index (κ1) is 26.5. The summed E-state index contributed by atoms with van der Waals surface area (Å²) in [4.78, 5) is 32.4. The van der Waals surface area contributed by atoms with Crippen LogP contribution >= 0.6 is 8.60 Å². The predicted molar refractivity (Wildman–Crippen MR) is 127 cm³/mol. The van der Waals surface area contributed by atoms with Gasteiger partial charge in [0.15, 0.2) is 0 Å². The SMILES string of the molecule is CC.CC.O=Cc1ccc(OP(Oc2ccc(C=O)cc2)Oc2ccc(C=O)cc2)cc1. The van der Waals surface area contributed by atoms with Gasteiger partial charge in [0.1, 0.15) is 36.1 Å². The first-order chi connectivity index (χ1) is 15.7. The Morgan fingerprint density at radius 1 is 0.469 bits per heavy atom. The summed E-state index contributed by atoms with van der Waals surface area (Å²) >= 11 is 0. The Hall–Kier alpha value is -3.50. The molecule has 0 heterocycles. The van der Waals surface area contributed by atoms with Crippen LogP contribution < -0.4 is 13.6 Å². The van der Waals surface area contributed by atoms with Crippen molar-refractivity contribution >= 4 is 27.5 Å². The fraction of sp³-hybridized carbons (Fsp3) is 0.160. The van der Waals surface area contributed by atoms with Crippen LogP contribution in [0.3, 0.4) is 0 Å². The second-order valence-corrected chi connectivity index (χ2v) is 6.55. The van der Waals surface area contributed by atoms with E-state index in [1.54, 1.807) is 72.8 Å². The third-order valence-electron chi connectivity index (χ3n) is 3.59. The number of aldehydes is 3. The van der Waals surface area contributed by atoms with Crippen LogP contribution in [-0.4, -0.2) is 18.9 Å². The zero-order valence-electron chi connectivity index (χ0n) is 18.6. The number of carbonyl (C=O) groups is 3. The van der Waals surface area contributed by atoms with E-state index in [9.17, 15) is 14.4 Å². The monoisotopic (exact) mass is 454 g/mol. The molecule has 7 heteroatoms. The average molecular weight is 454 g/mol. The lowest BCUT2D eigenvalue weighted by Crippen LogP contribution is -2.02. The van der Waals surface area contributed by atoms with E-state index in [-0.39, 0.29) is 0 Å². The van der Waals surface area contributed by atoms with Gasteiger partial charge < -0.3 is 13.6 Å². The third-order valence-corrected chi connectivity index (χ3v) is 4.67. The first-order valence-corrected chi connectivity index (χ1v) is 11.3. The van der Waals surface area contributed by atoms with E-state index >= 15 is 0 Å². The van der Waals surface area contributed by atoms with Crippen LogP contribution in [0, 0.1) is 0 Å². The molecule has 0 atom stereocenters. The number of carbonyl (C=O) groups excluding carboxylic acids is 3. The van der Waals surface area contributed by atoms with Crippen molar-refractivity contribution < 1.29 is 28.0 Å². The van der Waals surface area contributed by atoms with Gasteiger partial charge in [0.2, 0.25) is 0 Å².